The van der Waals surface area contributed by atoms with Crippen LogP contribution in [0.4, 0.5) is 0 Å². The van der Waals surface area contributed by atoms with Crippen molar-refractivity contribution in [1.29, 1.82) is 0 Å². The first-order valence-electron chi connectivity index (χ1n) is 6.09. The number of aromatic nitrogens is 1. The highest BCUT2D eigenvalue weighted by molar-refractivity contribution is 7.09. The zero-order valence-corrected chi connectivity index (χ0v) is 11.5. The first kappa shape index (κ1) is 14.1. The molecule has 1 amide bonds. The molecule has 0 saturated carbocycles. The number of amides is 1. The number of carbonyl (C=O) groups is 1. The molecular formula is C12H21N3OS. The van der Waals surface area contributed by atoms with E-state index in [1.165, 1.54) is 0 Å². The van der Waals surface area contributed by atoms with Crippen molar-refractivity contribution >= 4 is 17.2 Å². The second-order valence-corrected chi connectivity index (χ2v) is 5.02. The third-order valence-electron chi connectivity index (χ3n) is 2.69. The van der Waals surface area contributed by atoms with Gasteiger partial charge in [-0.15, -0.1) is 11.3 Å². The Morgan fingerprint density at radius 2 is 2.24 bits per heavy atom. The predicted molar refractivity (Wildman–Crippen MR) is 71.0 cm³/mol. The standard InChI is InChI=1S/C12H21N3OS/c1-4-9(3)15-11(16)8-14-10(5-2)12-13-6-7-17-12/h6-7,9-10,14H,4-5,8H2,1-3H3,(H,15,16). The van der Waals surface area contributed by atoms with Crippen molar-refractivity contribution in [2.45, 2.75) is 45.7 Å². The van der Waals surface area contributed by atoms with Gasteiger partial charge in [0.15, 0.2) is 0 Å². The van der Waals surface area contributed by atoms with Gasteiger partial charge in [-0.1, -0.05) is 13.8 Å². The Kier molecular flexibility index (Phi) is 6.15. The molecule has 0 saturated heterocycles. The smallest absolute Gasteiger partial charge is 0.234 e. The van der Waals surface area contributed by atoms with E-state index in [0.717, 1.165) is 17.8 Å². The summed E-state index contributed by atoms with van der Waals surface area (Å²) in [5, 5.41) is 9.18. The minimum atomic E-state index is 0.0503. The summed E-state index contributed by atoms with van der Waals surface area (Å²) in [5.41, 5.74) is 0. The topological polar surface area (TPSA) is 54.0 Å². The Morgan fingerprint density at radius 3 is 2.76 bits per heavy atom. The molecule has 1 aromatic rings. The molecule has 17 heavy (non-hydrogen) atoms. The summed E-state index contributed by atoms with van der Waals surface area (Å²) in [6.45, 7) is 6.51. The molecule has 0 fully saturated rings. The predicted octanol–water partition coefficient (Wildman–Crippen LogP) is 2.10. The highest BCUT2D eigenvalue weighted by atomic mass is 32.1. The lowest BCUT2D eigenvalue weighted by atomic mass is 10.2. The van der Waals surface area contributed by atoms with Gasteiger partial charge in [-0.25, -0.2) is 4.98 Å². The minimum absolute atomic E-state index is 0.0503. The largest absolute Gasteiger partial charge is 0.353 e. The van der Waals surface area contributed by atoms with Crippen molar-refractivity contribution in [1.82, 2.24) is 15.6 Å². The van der Waals surface area contributed by atoms with Gasteiger partial charge < -0.3 is 5.32 Å². The second kappa shape index (κ2) is 7.40. The maximum atomic E-state index is 11.6. The Labute approximate surface area is 107 Å². The van der Waals surface area contributed by atoms with E-state index < -0.39 is 0 Å². The van der Waals surface area contributed by atoms with E-state index >= 15 is 0 Å². The third-order valence-corrected chi connectivity index (χ3v) is 3.58. The first-order chi connectivity index (χ1) is 8.17. The van der Waals surface area contributed by atoms with Crippen LogP contribution in [0.1, 0.15) is 44.7 Å². The lowest BCUT2D eigenvalue weighted by Gasteiger charge is -2.16. The van der Waals surface area contributed by atoms with E-state index in [-0.39, 0.29) is 18.0 Å². The minimum Gasteiger partial charge on any atom is -0.353 e. The fourth-order valence-corrected chi connectivity index (χ4v) is 2.25. The fourth-order valence-electron chi connectivity index (χ4n) is 1.46. The zero-order valence-electron chi connectivity index (χ0n) is 10.7. The number of rotatable bonds is 7. The molecule has 96 valence electrons. The monoisotopic (exact) mass is 255 g/mol. The molecule has 2 N–H and O–H groups in total. The van der Waals surface area contributed by atoms with Crippen LogP contribution in [0.5, 0.6) is 0 Å². The van der Waals surface area contributed by atoms with E-state index in [2.05, 4.69) is 29.5 Å². The Bertz CT molecular complexity index is 327. The Hall–Kier alpha value is -0.940. The summed E-state index contributed by atoms with van der Waals surface area (Å²) in [6, 6.07) is 0.418. The van der Waals surface area contributed by atoms with Crippen LogP contribution >= 0.6 is 11.3 Å². The van der Waals surface area contributed by atoms with E-state index in [1.54, 1.807) is 17.5 Å². The van der Waals surface area contributed by atoms with Gasteiger partial charge in [-0.3, -0.25) is 10.1 Å². The number of carbonyl (C=O) groups excluding carboxylic acids is 1. The molecule has 0 bridgehead atoms. The lowest BCUT2D eigenvalue weighted by Crippen LogP contribution is -2.39. The number of hydrogen-bond acceptors (Lipinski definition) is 4. The molecule has 2 atom stereocenters. The Balaban J connectivity index is 2.36. The van der Waals surface area contributed by atoms with E-state index in [4.69, 9.17) is 0 Å². The van der Waals surface area contributed by atoms with Gasteiger partial charge in [-0.05, 0) is 19.8 Å². The molecule has 0 aliphatic heterocycles. The van der Waals surface area contributed by atoms with Crippen molar-refractivity contribution in [3.8, 4) is 0 Å². The van der Waals surface area contributed by atoms with E-state index in [1.807, 2.05) is 12.3 Å². The average molecular weight is 255 g/mol. The molecule has 0 radical (unpaired) electrons. The summed E-state index contributed by atoms with van der Waals surface area (Å²) in [7, 11) is 0. The lowest BCUT2D eigenvalue weighted by molar-refractivity contribution is -0.121. The van der Waals surface area contributed by atoms with Crippen molar-refractivity contribution in [2.24, 2.45) is 0 Å². The van der Waals surface area contributed by atoms with Crippen molar-refractivity contribution < 1.29 is 4.79 Å². The number of nitrogens with zero attached hydrogens (tertiary/aromatic N) is 1. The number of thiazole rings is 1. The average Bonchev–Trinajstić information content (AvgIpc) is 2.83. The maximum absolute atomic E-state index is 11.6. The molecule has 5 heteroatoms. The summed E-state index contributed by atoms with van der Waals surface area (Å²) in [5.74, 6) is 0.0503. The van der Waals surface area contributed by atoms with Crippen LogP contribution in [-0.4, -0.2) is 23.5 Å². The van der Waals surface area contributed by atoms with Crippen LogP contribution in [0.15, 0.2) is 11.6 Å². The maximum Gasteiger partial charge on any atom is 0.234 e. The van der Waals surface area contributed by atoms with Gasteiger partial charge in [0.1, 0.15) is 5.01 Å². The van der Waals surface area contributed by atoms with Crippen LogP contribution in [0, 0.1) is 0 Å². The van der Waals surface area contributed by atoms with Gasteiger partial charge >= 0.3 is 0 Å². The highest BCUT2D eigenvalue weighted by Crippen LogP contribution is 2.18. The molecule has 1 rings (SSSR count). The molecule has 0 aromatic carbocycles. The summed E-state index contributed by atoms with van der Waals surface area (Å²) >= 11 is 1.62. The fraction of sp³-hybridized carbons (Fsp3) is 0.667. The summed E-state index contributed by atoms with van der Waals surface area (Å²) in [6.07, 6.45) is 3.68. The number of nitrogens with one attached hydrogen (secondary N) is 2. The second-order valence-electron chi connectivity index (χ2n) is 4.09. The van der Waals surface area contributed by atoms with Crippen LogP contribution < -0.4 is 10.6 Å². The molecule has 0 aliphatic carbocycles. The van der Waals surface area contributed by atoms with Crippen LogP contribution in [0.3, 0.4) is 0 Å². The zero-order chi connectivity index (χ0) is 12.7. The molecule has 0 spiro atoms. The van der Waals surface area contributed by atoms with E-state index in [9.17, 15) is 4.79 Å². The van der Waals surface area contributed by atoms with Gasteiger partial charge in [-0.2, -0.15) is 0 Å². The summed E-state index contributed by atoms with van der Waals surface area (Å²) in [4.78, 5) is 15.9. The molecule has 4 nitrogen and oxygen atoms in total. The molecular weight excluding hydrogens is 234 g/mol. The third kappa shape index (κ3) is 4.83. The molecule has 1 aromatic heterocycles. The van der Waals surface area contributed by atoms with Gasteiger partial charge in [0.25, 0.3) is 0 Å². The highest BCUT2D eigenvalue weighted by Gasteiger charge is 2.13. The van der Waals surface area contributed by atoms with Gasteiger partial charge in [0, 0.05) is 17.6 Å². The molecule has 1 heterocycles. The first-order valence-corrected chi connectivity index (χ1v) is 6.97. The van der Waals surface area contributed by atoms with Crippen LogP contribution in [0.25, 0.3) is 0 Å². The van der Waals surface area contributed by atoms with E-state index in [0.29, 0.717) is 6.54 Å². The van der Waals surface area contributed by atoms with Gasteiger partial charge in [0.05, 0.1) is 12.6 Å². The normalized spacial score (nSPS) is 14.3. The molecule has 0 aliphatic rings. The SMILES string of the molecule is CCC(C)NC(=O)CNC(CC)c1nccs1. The van der Waals surface area contributed by atoms with Crippen molar-refractivity contribution in [2.75, 3.05) is 6.54 Å². The quantitative estimate of drug-likeness (QED) is 0.784. The van der Waals surface area contributed by atoms with Crippen LogP contribution in [0.2, 0.25) is 0 Å². The Morgan fingerprint density at radius 1 is 1.47 bits per heavy atom. The number of hydrogen-bond donors (Lipinski definition) is 2. The summed E-state index contributed by atoms with van der Waals surface area (Å²) < 4.78 is 0. The van der Waals surface area contributed by atoms with Gasteiger partial charge in [0.2, 0.25) is 5.91 Å². The molecule has 2 unspecified atom stereocenters. The van der Waals surface area contributed by atoms with Crippen molar-refractivity contribution in [3.05, 3.63) is 16.6 Å². The van der Waals surface area contributed by atoms with Crippen LogP contribution in [-0.2, 0) is 4.79 Å². The van der Waals surface area contributed by atoms with Crippen molar-refractivity contribution in [3.63, 3.8) is 0 Å².